The number of nitrogens with zero attached hydrogens (tertiary/aromatic N) is 1. The Labute approximate surface area is 108 Å². The molecule has 2 rings (SSSR count). The standard InChI is InChI=1S/C14H25NOS/c1-5-9-12-14(10-7-6-8-11-14)15(12)17(16)13(2,3)4/h5,12H,1,6-11H2,2-4H3/t12-,15?,17?/m1/s1. The molecule has 1 aliphatic heterocycles. The molecule has 1 heterocycles. The fourth-order valence-corrected chi connectivity index (χ4v) is 4.87. The van der Waals surface area contributed by atoms with Crippen molar-refractivity contribution < 1.29 is 4.21 Å². The van der Waals surface area contributed by atoms with Crippen molar-refractivity contribution in [1.29, 1.82) is 0 Å². The quantitative estimate of drug-likeness (QED) is 0.559. The SMILES string of the molecule is C=CC[C@H]1N(S(=O)C(C)(C)C)C12CCCCC2. The third-order valence-electron chi connectivity index (χ3n) is 4.09. The van der Waals surface area contributed by atoms with Crippen LogP contribution in [0.4, 0.5) is 0 Å². The minimum absolute atomic E-state index is 0.139. The molecule has 0 radical (unpaired) electrons. The second kappa shape index (κ2) is 4.51. The second-order valence-electron chi connectivity index (χ2n) is 6.39. The van der Waals surface area contributed by atoms with Crippen LogP contribution in [0.3, 0.4) is 0 Å². The fraction of sp³-hybridized carbons (Fsp3) is 0.857. The van der Waals surface area contributed by atoms with Gasteiger partial charge in [0.1, 0.15) is 11.0 Å². The number of hydrogen-bond acceptors (Lipinski definition) is 1. The van der Waals surface area contributed by atoms with Crippen LogP contribution in [-0.4, -0.2) is 24.8 Å². The summed E-state index contributed by atoms with van der Waals surface area (Å²) in [6.07, 6.45) is 9.37. The van der Waals surface area contributed by atoms with Crippen LogP contribution in [0.2, 0.25) is 0 Å². The van der Waals surface area contributed by atoms with Gasteiger partial charge < -0.3 is 0 Å². The molecule has 0 bridgehead atoms. The van der Waals surface area contributed by atoms with E-state index in [2.05, 4.69) is 31.7 Å². The largest absolute Gasteiger partial charge is 0.242 e. The third kappa shape index (κ3) is 2.24. The maximum atomic E-state index is 12.6. The van der Waals surface area contributed by atoms with Crippen LogP contribution in [0.25, 0.3) is 0 Å². The average Bonchev–Trinajstić information content (AvgIpc) is 2.84. The first kappa shape index (κ1) is 13.3. The van der Waals surface area contributed by atoms with Crippen LogP contribution in [0.15, 0.2) is 12.7 Å². The van der Waals surface area contributed by atoms with E-state index in [9.17, 15) is 4.21 Å². The van der Waals surface area contributed by atoms with Crippen molar-refractivity contribution in [2.24, 2.45) is 0 Å². The van der Waals surface area contributed by atoms with Crippen molar-refractivity contribution in [2.75, 3.05) is 0 Å². The lowest BCUT2D eigenvalue weighted by molar-refractivity contribution is 0.366. The van der Waals surface area contributed by atoms with Gasteiger partial charge in [-0.2, -0.15) is 0 Å². The molecular formula is C14H25NOS. The van der Waals surface area contributed by atoms with E-state index in [4.69, 9.17) is 0 Å². The van der Waals surface area contributed by atoms with Gasteiger partial charge in [0.2, 0.25) is 0 Å². The maximum Gasteiger partial charge on any atom is 0.101 e. The summed E-state index contributed by atoms with van der Waals surface area (Å²) in [6, 6.07) is 0.486. The topological polar surface area (TPSA) is 20.1 Å². The minimum atomic E-state index is -0.861. The van der Waals surface area contributed by atoms with Crippen LogP contribution >= 0.6 is 0 Å². The summed E-state index contributed by atoms with van der Waals surface area (Å²) in [6.45, 7) is 10.1. The molecule has 1 saturated carbocycles. The first-order valence-electron chi connectivity index (χ1n) is 6.76. The van der Waals surface area contributed by atoms with Crippen LogP contribution in [0, 0.1) is 0 Å². The highest BCUT2D eigenvalue weighted by atomic mass is 32.2. The molecule has 1 spiro atoms. The number of hydrogen-bond donors (Lipinski definition) is 0. The van der Waals surface area contributed by atoms with Crippen molar-refractivity contribution in [2.45, 2.75) is 75.6 Å². The van der Waals surface area contributed by atoms with E-state index in [1.54, 1.807) is 0 Å². The smallest absolute Gasteiger partial charge is 0.101 e. The number of rotatable bonds is 3. The lowest BCUT2D eigenvalue weighted by Gasteiger charge is -2.25. The minimum Gasteiger partial charge on any atom is -0.242 e. The van der Waals surface area contributed by atoms with E-state index in [0.29, 0.717) is 6.04 Å². The zero-order chi connectivity index (χ0) is 12.7. The molecule has 0 aromatic carbocycles. The van der Waals surface area contributed by atoms with Crippen molar-refractivity contribution in [3.8, 4) is 0 Å². The molecule has 0 aromatic rings. The summed E-state index contributed by atoms with van der Waals surface area (Å²) in [5.41, 5.74) is 0.255. The Kier molecular flexibility index (Phi) is 3.52. The Morgan fingerprint density at radius 3 is 2.41 bits per heavy atom. The van der Waals surface area contributed by atoms with Crippen molar-refractivity contribution in [1.82, 2.24) is 4.31 Å². The molecule has 0 N–H and O–H groups in total. The molecule has 98 valence electrons. The fourth-order valence-electron chi connectivity index (χ4n) is 3.17. The molecule has 1 aliphatic carbocycles. The first-order valence-corrected chi connectivity index (χ1v) is 7.86. The second-order valence-corrected chi connectivity index (χ2v) is 8.51. The van der Waals surface area contributed by atoms with Gasteiger partial charge in [0.25, 0.3) is 0 Å². The third-order valence-corrected chi connectivity index (χ3v) is 6.11. The van der Waals surface area contributed by atoms with Gasteiger partial charge in [-0.1, -0.05) is 25.3 Å². The van der Waals surface area contributed by atoms with Gasteiger partial charge in [0.15, 0.2) is 0 Å². The molecule has 3 heteroatoms. The Hall–Kier alpha value is -0.150. The zero-order valence-electron chi connectivity index (χ0n) is 11.4. The van der Waals surface area contributed by atoms with Gasteiger partial charge in [-0.25, -0.2) is 8.51 Å². The lowest BCUT2D eigenvalue weighted by Crippen LogP contribution is -2.32. The first-order chi connectivity index (χ1) is 7.93. The molecule has 3 atom stereocenters. The van der Waals surface area contributed by atoms with Gasteiger partial charge in [0, 0.05) is 6.04 Å². The Morgan fingerprint density at radius 2 is 1.94 bits per heavy atom. The predicted octanol–water partition coefficient (Wildman–Crippen LogP) is 3.41. The summed E-state index contributed by atoms with van der Waals surface area (Å²) in [4.78, 5) is 0. The monoisotopic (exact) mass is 255 g/mol. The molecule has 1 saturated heterocycles. The predicted molar refractivity (Wildman–Crippen MR) is 74.2 cm³/mol. The van der Waals surface area contributed by atoms with E-state index >= 15 is 0 Å². The van der Waals surface area contributed by atoms with Crippen molar-refractivity contribution in [3.63, 3.8) is 0 Å². The Bertz CT molecular complexity index is 326. The molecule has 2 aliphatic rings. The van der Waals surface area contributed by atoms with Crippen LogP contribution in [-0.2, 0) is 11.0 Å². The molecule has 2 nitrogen and oxygen atoms in total. The van der Waals surface area contributed by atoms with E-state index in [0.717, 1.165) is 6.42 Å². The molecule has 2 fully saturated rings. The Morgan fingerprint density at radius 1 is 1.35 bits per heavy atom. The van der Waals surface area contributed by atoms with E-state index in [1.165, 1.54) is 32.1 Å². The van der Waals surface area contributed by atoms with Gasteiger partial charge in [0.05, 0.1) is 10.3 Å². The maximum absolute atomic E-state index is 12.6. The lowest BCUT2D eigenvalue weighted by atomic mass is 9.85. The summed E-state index contributed by atoms with van der Waals surface area (Å²) >= 11 is 0. The van der Waals surface area contributed by atoms with Gasteiger partial charge in [-0.3, -0.25) is 0 Å². The highest BCUT2D eigenvalue weighted by Gasteiger charge is 2.65. The molecule has 0 amide bonds. The molecular weight excluding hydrogens is 230 g/mol. The van der Waals surface area contributed by atoms with Crippen LogP contribution < -0.4 is 0 Å². The Balaban J connectivity index is 2.16. The summed E-state index contributed by atoms with van der Waals surface area (Å²) in [5.74, 6) is 0. The van der Waals surface area contributed by atoms with Crippen LogP contribution in [0.1, 0.15) is 59.3 Å². The van der Waals surface area contributed by atoms with Crippen molar-refractivity contribution >= 4 is 11.0 Å². The normalized spacial score (nSPS) is 33.4. The molecule has 2 unspecified atom stereocenters. The van der Waals surface area contributed by atoms with Gasteiger partial charge in [-0.05, 0) is 40.0 Å². The van der Waals surface area contributed by atoms with Gasteiger partial charge in [-0.15, -0.1) is 6.58 Å². The van der Waals surface area contributed by atoms with Crippen LogP contribution in [0.5, 0.6) is 0 Å². The summed E-state index contributed by atoms with van der Waals surface area (Å²) in [7, 11) is -0.861. The molecule has 0 aromatic heterocycles. The zero-order valence-corrected chi connectivity index (χ0v) is 12.2. The van der Waals surface area contributed by atoms with E-state index in [-0.39, 0.29) is 10.3 Å². The highest BCUT2D eigenvalue weighted by Crippen LogP contribution is 2.55. The highest BCUT2D eigenvalue weighted by molar-refractivity contribution is 7.84. The van der Waals surface area contributed by atoms with Crippen molar-refractivity contribution in [3.05, 3.63) is 12.7 Å². The van der Waals surface area contributed by atoms with Gasteiger partial charge >= 0.3 is 0 Å². The molecule has 17 heavy (non-hydrogen) atoms. The average molecular weight is 255 g/mol. The summed E-state index contributed by atoms with van der Waals surface area (Å²) < 4.78 is 14.7. The van der Waals surface area contributed by atoms with E-state index < -0.39 is 11.0 Å². The summed E-state index contributed by atoms with van der Waals surface area (Å²) in [5, 5.41) is 0. The van der Waals surface area contributed by atoms with E-state index in [1.807, 2.05) is 6.08 Å².